The summed E-state index contributed by atoms with van der Waals surface area (Å²) in [5, 5.41) is 0. The number of benzene rings is 1. The molecule has 3 aromatic rings. The Labute approximate surface area is 243 Å². The maximum Gasteiger partial charge on any atom is 0.165 e. The van der Waals surface area contributed by atoms with Crippen LogP contribution in [0.3, 0.4) is 0 Å². The van der Waals surface area contributed by atoms with Gasteiger partial charge in [0.15, 0.2) is 17.3 Å². The van der Waals surface area contributed by atoms with Crippen LogP contribution in [0.5, 0.6) is 0 Å². The van der Waals surface area contributed by atoms with Gasteiger partial charge in [-0.25, -0.2) is 15.0 Å². The molecule has 9 nitrogen and oxygen atoms in total. The highest BCUT2D eigenvalue weighted by Gasteiger charge is 2.54. The molecule has 5 rings (SSSR count). The fourth-order valence-electron chi connectivity index (χ4n) is 6.47. The largest absolute Gasteiger partial charge is 0.382 e. The Morgan fingerprint density at radius 2 is 1.85 bits per heavy atom. The fourth-order valence-corrected chi connectivity index (χ4v) is 6.47. The first-order valence-electron chi connectivity index (χ1n) is 14.9. The first-order valence-corrected chi connectivity index (χ1v) is 14.9. The summed E-state index contributed by atoms with van der Waals surface area (Å²) in [6, 6.07) is 8.55. The van der Waals surface area contributed by atoms with Crippen molar-refractivity contribution < 1.29 is 14.3 Å². The molecule has 9 heteroatoms. The third-order valence-corrected chi connectivity index (χ3v) is 8.64. The van der Waals surface area contributed by atoms with Gasteiger partial charge in [-0.3, -0.25) is 4.79 Å². The number of carbonyl (C=O) groups excluding carboxylic acids is 1. The van der Waals surface area contributed by atoms with Crippen LogP contribution in [0, 0.1) is 11.8 Å². The zero-order valence-electron chi connectivity index (χ0n) is 25.6. The second kappa shape index (κ2) is 11.4. The van der Waals surface area contributed by atoms with Crippen LogP contribution in [-0.4, -0.2) is 68.3 Å². The number of ether oxygens (including phenoxy) is 2. The molecule has 0 spiro atoms. The normalized spacial score (nSPS) is 24.7. The molecule has 1 saturated heterocycles. The molecule has 2 aromatic heterocycles. The number of nitrogens with two attached hydrogens (primary N) is 1. The fraction of sp³-hybridized carbons (Fsp3) is 0.625. The summed E-state index contributed by atoms with van der Waals surface area (Å²) in [5.41, 5.74) is 9.90. The molecule has 0 radical (unpaired) electrons. The minimum atomic E-state index is -0.642. The van der Waals surface area contributed by atoms with Gasteiger partial charge in [0.25, 0.3) is 0 Å². The van der Waals surface area contributed by atoms with Crippen LogP contribution in [0.4, 0.5) is 5.82 Å². The van der Waals surface area contributed by atoms with Gasteiger partial charge in [-0.2, -0.15) is 0 Å². The summed E-state index contributed by atoms with van der Waals surface area (Å²) in [5.74, 6) is 0.670. The number of Topliss-reactive ketones (excluding diaryl/α,β-unsaturated/α-hetero) is 1. The molecule has 41 heavy (non-hydrogen) atoms. The third kappa shape index (κ3) is 6.63. The number of hydrogen-bond acceptors (Lipinski definition) is 8. The number of anilines is 1. The van der Waals surface area contributed by atoms with Crippen molar-refractivity contribution in [2.75, 3.05) is 25.9 Å². The van der Waals surface area contributed by atoms with Gasteiger partial charge in [-0.05, 0) is 62.7 Å². The molecular weight excluding hydrogens is 516 g/mol. The standard InChI is InChI=1S/C32H46N6O3/c1-20(14-24(39)15-21-8-10-23(11-9-21)31(2,3)4)12-13-37(7)17-22-16-25(28-27(22)40-32(5,6)41-28)38-19-36-26-29(33)34-18-35-30(26)38/h8-11,18-20,22,25,27-28H,12-17H2,1-7H3,(H2,33,34,35)/t20-,22+,25+,27+,28-/m0/s1. The summed E-state index contributed by atoms with van der Waals surface area (Å²) in [7, 11) is 2.16. The monoisotopic (exact) mass is 562 g/mol. The molecule has 0 amide bonds. The van der Waals surface area contributed by atoms with Crippen LogP contribution in [0.25, 0.3) is 11.2 Å². The Hall–Kier alpha value is -2.88. The zero-order valence-corrected chi connectivity index (χ0v) is 25.6. The van der Waals surface area contributed by atoms with E-state index in [1.165, 1.54) is 11.9 Å². The number of ketones is 1. The third-order valence-electron chi connectivity index (χ3n) is 8.64. The van der Waals surface area contributed by atoms with E-state index < -0.39 is 5.79 Å². The van der Waals surface area contributed by atoms with Crippen molar-refractivity contribution in [2.45, 2.75) is 96.7 Å². The van der Waals surface area contributed by atoms with E-state index in [1.54, 1.807) is 6.33 Å². The SMILES string of the molecule is C[C@@H](CCN(C)C[C@H]1C[C@@H](n2cnc3c(N)ncnc32)[C@@H]2OC(C)(C)O[C@H]12)CC(=O)Cc1ccc(C(C)(C)C)cc1. The van der Waals surface area contributed by atoms with Gasteiger partial charge in [0, 0.05) is 25.3 Å². The highest BCUT2D eigenvalue weighted by molar-refractivity contribution is 5.81. The number of rotatable bonds is 10. The first kappa shape index (κ1) is 29.6. The summed E-state index contributed by atoms with van der Waals surface area (Å²) in [4.78, 5) is 28.2. The maximum atomic E-state index is 12.8. The molecule has 1 aliphatic heterocycles. The number of fused-ring (bicyclic) bond motifs is 2. The van der Waals surface area contributed by atoms with Crippen molar-refractivity contribution in [3.05, 3.63) is 48.0 Å². The number of aromatic nitrogens is 4. The highest BCUT2D eigenvalue weighted by atomic mass is 16.8. The summed E-state index contributed by atoms with van der Waals surface area (Å²) in [6.07, 6.45) is 6.16. The van der Waals surface area contributed by atoms with E-state index in [9.17, 15) is 4.79 Å². The van der Waals surface area contributed by atoms with E-state index in [1.807, 2.05) is 13.8 Å². The number of nitrogens with zero attached hydrogens (tertiary/aromatic N) is 5. The first-order chi connectivity index (χ1) is 19.3. The average Bonchev–Trinajstić information content (AvgIpc) is 3.54. The van der Waals surface area contributed by atoms with Gasteiger partial charge >= 0.3 is 0 Å². The maximum absolute atomic E-state index is 12.8. The van der Waals surface area contributed by atoms with Crippen LogP contribution >= 0.6 is 0 Å². The van der Waals surface area contributed by atoms with Crippen LogP contribution in [-0.2, 0) is 26.1 Å². The van der Waals surface area contributed by atoms with Crippen molar-refractivity contribution in [3.63, 3.8) is 0 Å². The van der Waals surface area contributed by atoms with Gasteiger partial charge in [0.1, 0.15) is 23.7 Å². The smallest absolute Gasteiger partial charge is 0.165 e. The van der Waals surface area contributed by atoms with E-state index in [0.717, 1.165) is 37.1 Å². The molecule has 2 aliphatic rings. The number of nitrogen functional groups attached to an aromatic ring is 1. The molecule has 1 saturated carbocycles. The van der Waals surface area contributed by atoms with E-state index in [-0.39, 0.29) is 23.7 Å². The predicted octanol–water partition coefficient (Wildman–Crippen LogP) is 4.95. The zero-order chi connectivity index (χ0) is 29.5. The molecule has 1 aliphatic carbocycles. The lowest BCUT2D eigenvalue weighted by Crippen LogP contribution is -2.34. The van der Waals surface area contributed by atoms with Gasteiger partial charge < -0.3 is 24.7 Å². The Kier molecular flexibility index (Phi) is 8.25. The topological polar surface area (TPSA) is 108 Å². The second-order valence-corrected chi connectivity index (χ2v) is 13.7. The van der Waals surface area contributed by atoms with E-state index in [0.29, 0.717) is 41.8 Å². The van der Waals surface area contributed by atoms with Crippen molar-refractivity contribution >= 4 is 22.8 Å². The minimum Gasteiger partial charge on any atom is -0.382 e. The number of imidazole rings is 1. The molecule has 3 heterocycles. The summed E-state index contributed by atoms with van der Waals surface area (Å²) < 4.78 is 14.9. The molecule has 0 unspecified atom stereocenters. The van der Waals surface area contributed by atoms with Crippen LogP contribution in [0.1, 0.15) is 78.0 Å². The van der Waals surface area contributed by atoms with Crippen LogP contribution < -0.4 is 5.73 Å². The predicted molar refractivity (Wildman–Crippen MR) is 160 cm³/mol. The summed E-state index contributed by atoms with van der Waals surface area (Å²) >= 11 is 0. The van der Waals surface area contributed by atoms with Gasteiger partial charge in [0.2, 0.25) is 0 Å². The Morgan fingerprint density at radius 1 is 1.15 bits per heavy atom. The lowest BCUT2D eigenvalue weighted by atomic mass is 9.86. The Balaban J connectivity index is 1.15. The van der Waals surface area contributed by atoms with Crippen molar-refractivity contribution in [2.24, 2.45) is 11.8 Å². The lowest BCUT2D eigenvalue weighted by Gasteiger charge is -2.27. The molecule has 222 valence electrons. The van der Waals surface area contributed by atoms with Crippen molar-refractivity contribution in [1.82, 2.24) is 24.4 Å². The summed E-state index contributed by atoms with van der Waals surface area (Å²) in [6.45, 7) is 14.6. The van der Waals surface area contributed by atoms with Crippen molar-refractivity contribution in [1.29, 1.82) is 0 Å². The minimum absolute atomic E-state index is 0.0160. The Bertz CT molecular complexity index is 1360. The average molecular weight is 563 g/mol. The second-order valence-electron chi connectivity index (χ2n) is 13.7. The van der Waals surface area contributed by atoms with Crippen molar-refractivity contribution in [3.8, 4) is 0 Å². The van der Waals surface area contributed by atoms with Gasteiger partial charge in [-0.1, -0.05) is 52.0 Å². The van der Waals surface area contributed by atoms with E-state index in [2.05, 4.69) is 83.4 Å². The number of carbonyl (C=O) groups is 1. The quantitative estimate of drug-likeness (QED) is 0.370. The van der Waals surface area contributed by atoms with Crippen LogP contribution in [0.15, 0.2) is 36.9 Å². The number of hydrogen-bond donors (Lipinski definition) is 1. The molecule has 0 bridgehead atoms. The Morgan fingerprint density at radius 3 is 2.56 bits per heavy atom. The van der Waals surface area contributed by atoms with Gasteiger partial charge in [0.05, 0.1) is 18.5 Å². The van der Waals surface area contributed by atoms with Gasteiger partial charge in [-0.15, -0.1) is 0 Å². The molecule has 2 fully saturated rings. The highest BCUT2D eigenvalue weighted by Crippen LogP contribution is 2.47. The van der Waals surface area contributed by atoms with E-state index in [4.69, 9.17) is 15.2 Å². The lowest BCUT2D eigenvalue weighted by molar-refractivity contribution is -0.160. The molecule has 5 atom stereocenters. The van der Waals surface area contributed by atoms with E-state index >= 15 is 0 Å². The molecule has 1 aromatic carbocycles. The molecular formula is C32H46N6O3. The van der Waals surface area contributed by atoms with Crippen LogP contribution in [0.2, 0.25) is 0 Å². The molecule has 2 N–H and O–H groups in total.